The third kappa shape index (κ3) is 14.6. The van der Waals surface area contributed by atoms with Crippen LogP contribution >= 0.6 is 186 Å². The Morgan fingerprint density at radius 3 is 0.679 bits per heavy atom. The number of aryl methyl sites for hydroxylation is 8. The molecule has 17 rings (SSSR count). The highest BCUT2D eigenvalue weighted by Crippen LogP contribution is 2.60. The maximum absolute atomic E-state index is 6.20. The molecule has 2 N–H and O–H groups in total. The van der Waals surface area contributed by atoms with Crippen LogP contribution in [-0.4, -0.2) is 64.9 Å². The molecule has 7 aromatic heterocycles. The maximum atomic E-state index is 6.20. The van der Waals surface area contributed by atoms with Crippen molar-refractivity contribution < 1.29 is 0 Å². The van der Waals surface area contributed by atoms with E-state index < -0.39 is 0 Å². The van der Waals surface area contributed by atoms with E-state index in [1.807, 2.05) is 186 Å². The Balaban J connectivity index is 1.10. The zero-order valence-corrected chi connectivity index (χ0v) is 77.3. The van der Waals surface area contributed by atoms with E-state index >= 15 is 0 Å². The molecule has 112 heavy (non-hydrogen) atoms. The molecule has 0 radical (unpaired) electrons. The van der Waals surface area contributed by atoms with E-state index in [4.69, 9.17) is 29.9 Å². The van der Waals surface area contributed by atoms with Crippen LogP contribution in [0.3, 0.4) is 0 Å². The molecule has 24 heteroatoms. The SMILES string of the molecule is CCc1c2sc(=C3SC(SC)=C(SC)S3)sc2c(CC)c2c3nc(nc4[nH]c(nc5nc(nc6[nH]c(n3)c3c(CC)c(SCc7ccccc7)c(SCc7ccccc7)c(CC)c63)c3c(CC)c6sc(=C7SC(SC)=C(SC)S7)sc6c(CC)c53)c3c(CC)c(SCc5ccccc5)c(SCc5ccccc5)c(CC)c43)c12. The summed E-state index contributed by atoms with van der Waals surface area (Å²) in [4.78, 5) is 50.3. The fourth-order valence-corrected chi connectivity index (χ4v) is 37.7. The fraction of sp³-hybridized carbons (Fsp3) is 0.273. The van der Waals surface area contributed by atoms with Crippen LogP contribution in [0.1, 0.15) is 122 Å². The Kier molecular flexibility index (Phi) is 24.9. The lowest BCUT2D eigenvalue weighted by molar-refractivity contribution is 1.00. The molecule has 0 saturated heterocycles. The van der Waals surface area contributed by atoms with Gasteiger partial charge in [-0.2, -0.15) is 0 Å². The number of aromatic nitrogens is 8. The summed E-state index contributed by atoms with van der Waals surface area (Å²) in [6.07, 6.45) is 15.0. The van der Waals surface area contributed by atoms with Crippen molar-refractivity contribution in [2.24, 2.45) is 0 Å². The van der Waals surface area contributed by atoms with Crippen molar-refractivity contribution in [3.8, 4) is 0 Å². The molecule has 15 aromatic rings. The molecule has 0 atom stereocenters. The Morgan fingerprint density at radius 1 is 0.268 bits per heavy atom. The lowest BCUT2D eigenvalue weighted by Crippen LogP contribution is -1.99. The number of benzene rings is 8. The Morgan fingerprint density at radius 2 is 0.482 bits per heavy atom. The minimum atomic E-state index is 0.668. The second kappa shape index (κ2) is 35.0. The van der Waals surface area contributed by atoms with Crippen LogP contribution in [0.25, 0.3) is 116 Å². The van der Waals surface area contributed by atoms with E-state index in [1.54, 1.807) is 0 Å². The first-order valence-electron chi connectivity index (χ1n) is 37.9. The molecule has 570 valence electrons. The van der Waals surface area contributed by atoms with Gasteiger partial charge < -0.3 is 9.97 Å². The van der Waals surface area contributed by atoms with Crippen LogP contribution in [-0.2, 0) is 74.4 Å². The van der Waals surface area contributed by atoms with Crippen LogP contribution in [0.2, 0.25) is 0 Å². The lowest BCUT2D eigenvalue weighted by Gasteiger charge is -2.20. The summed E-state index contributed by atoms with van der Waals surface area (Å²) in [6, 6.07) is 44.0. The van der Waals surface area contributed by atoms with Gasteiger partial charge in [-0.05, 0) is 143 Å². The van der Waals surface area contributed by atoms with Gasteiger partial charge in [0.1, 0.15) is 30.3 Å². The standard InChI is InChI=1S/C88H82N8S16/c1-13-49-57-58(50(14-2)66(102-42-46-35-27-22-28-36-46)65(49)101-41-45-33-25-21-26-34-45)74-89-73(57)91-77-61-53(17-5)69-70(106-85(105-69)87-109-81(97-9)82(98-10)110-87)54(18-6)62(61)79(95-77)93-75-59-51(15-3)67(103-43-47-37-29-23-30-38-47)68(104-44-48-39-31-24-32-40-48)52(16-4)60(59)76(90-75)94-80-64-56(20-8)72-71(55(19-7)63(64)78(92-74)96-80)107-86(108-72)88-111-83(99-11)84(100-12)112-88/h21-40H,13-20,41-44H2,1-12H3,(H2,89,90,91,92,93,94,95,96). The molecule has 0 fully saturated rings. The average molecular weight is 1760 g/mol. The van der Waals surface area contributed by atoms with Crippen molar-refractivity contribution in [2.45, 2.75) is 149 Å². The van der Waals surface area contributed by atoms with Crippen LogP contribution in [0.15, 0.2) is 158 Å². The smallest absolute Gasteiger partial charge is 0.165 e. The molecule has 2 aliphatic heterocycles. The number of H-pyrrole nitrogens is 2. The molecule has 8 aromatic carbocycles. The van der Waals surface area contributed by atoms with Crippen LogP contribution in [0.5, 0.6) is 0 Å². The van der Waals surface area contributed by atoms with Crippen molar-refractivity contribution in [3.63, 3.8) is 0 Å². The van der Waals surface area contributed by atoms with Gasteiger partial charge in [0.15, 0.2) is 22.6 Å². The topological polar surface area (TPSA) is 109 Å². The first-order valence-corrected chi connectivity index (χ1v) is 53.3. The van der Waals surface area contributed by atoms with E-state index in [9.17, 15) is 0 Å². The summed E-state index contributed by atoms with van der Waals surface area (Å²) in [6.45, 7) is 18.7. The molecule has 0 spiro atoms. The van der Waals surface area contributed by atoms with Crippen LogP contribution in [0, 0.1) is 0 Å². The summed E-state index contributed by atoms with van der Waals surface area (Å²) in [5.41, 5.74) is 20.9. The summed E-state index contributed by atoms with van der Waals surface area (Å²) in [7, 11) is 0. The second-order valence-electron chi connectivity index (χ2n) is 26.9. The number of hydrogen-bond donors (Lipinski definition) is 2. The predicted molar refractivity (Wildman–Crippen MR) is 519 cm³/mol. The van der Waals surface area contributed by atoms with E-state index in [-0.39, 0.29) is 0 Å². The van der Waals surface area contributed by atoms with Crippen molar-refractivity contribution in [1.82, 2.24) is 39.9 Å². The van der Waals surface area contributed by atoms with Gasteiger partial charge >= 0.3 is 0 Å². The molecule has 0 aliphatic carbocycles. The van der Waals surface area contributed by atoms with E-state index in [2.05, 4.69) is 212 Å². The van der Waals surface area contributed by atoms with Crippen molar-refractivity contribution in [2.75, 3.05) is 25.0 Å². The van der Waals surface area contributed by atoms with Crippen LogP contribution in [0.4, 0.5) is 0 Å². The maximum Gasteiger partial charge on any atom is 0.165 e. The summed E-state index contributed by atoms with van der Waals surface area (Å²) in [5, 5.41) is 8.63. The second-order valence-corrected chi connectivity index (χ2v) is 44.4. The Labute approximate surface area is 720 Å². The van der Waals surface area contributed by atoms with E-state index in [0.717, 1.165) is 140 Å². The largest absolute Gasteiger partial charge is 0.324 e. The molecule has 0 unspecified atom stereocenters. The van der Waals surface area contributed by atoms with E-state index in [0.29, 0.717) is 22.6 Å². The lowest BCUT2D eigenvalue weighted by atomic mass is 9.98. The van der Waals surface area contributed by atoms with Gasteiger partial charge in [0, 0.05) is 85.7 Å². The van der Waals surface area contributed by atoms with Crippen molar-refractivity contribution in [3.05, 3.63) is 213 Å². The monoisotopic (exact) mass is 1760 g/mol. The van der Waals surface area contributed by atoms with Crippen molar-refractivity contribution >= 4 is 302 Å². The zero-order valence-electron chi connectivity index (χ0n) is 64.2. The van der Waals surface area contributed by atoms with Gasteiger partial charge in [0.05, 0.1) is 44.2 Å². The van der Waals surface area contributed by atoms with Gasteiger partial charge in [0.2, 0.25) is 0 Å². The minimum absolute atomic E-state index is 0.668. The predicted octanol–water partition coefficient (Wildman–Crippen LogP) is 28.6. The summed E-state index contributed by atoms with van der Waals surface area (Å²) >= 11 is 30.8. The number of aromatic amines is 2. The van der Waals surface area contributed by atoms with Gasteiger partial charge in [-0.3, -0.25) is 0 Å². The van der Waals surface area contributed by atoms with Crippen molar-refractivity contribution in [1.29, 1.82) is 0 Å². The number of hydrogen-bond acceptors (Lipinski definition) is 22. The molecule has 9 heterocycles. The summed E-state index contributed by atoms with van der Waals surface area (Å²) in [5.74, 6) is 3.25. The fourth-order valence-electron chi connectivity index (χ4n) is 15.7. The molecule has 0 saturated carbocycles. The highest BCUT2D eigenvalue weighted by Gasteiger charge is 2.32. The molecular formula is C88H82N8S16. The Bertz CT molecular complexity index is 5790. The zero-order chi connectivity index (χ0) is 77.0. The van der Waals surface area contributed by atoms with Gasteiger partial charge in [-0.25, -0.2) is 29.9 Å². The number of nitrogens with zero attached hydrogens (tertiary/aromatic N) is 6. The van der Waals surface area contributed by atoms with Gasteiger partial charge in [-0.1, -0.05) is 224 Å². The Hall–Kier alpha value is -4.84. The average Bonchev–Trinajstić information content (AvgIpc) is 1.56. The molecular weight excluding hydrogens is 1680 g/mol. The van der Waals surface area contributed by atoms with Gasteiger partial charge in [-0.15, -0.1) is 139 Å². The van der Waals surface area contributed by atoms with Gasteiger partial charge in [0.25, 0.3) is 0 Å². The number of rotatable bonds is 24. The quantitative estimate of drug-likeness (QED) is 0.0560. The first kappa shape index (κ1) is 79.6. The third-order valence-electron chi connectivity index (χ3n) is 20.7. The van der Waals surface area contributed by atoms with E-state index in [1.165, 1.54) is 138 Å². The molecule has 2 aliphatic rings. The summed E-state index contributed by atoms with van der Waals surface area (Å²) < 4.78 is 16.2. The number of thioether (sulfide) groups is 12. The highest BCUT2D eigenvalue weighted by molar-refractivity contribution is 8.46. The van der Waals surface area contributed by atoms with Crippen LogP contribution < -0.4 is 7.69 Å². The minimum Gasteiger partial charge on any atom is -0.324 e. The first-order chi connectivity index (χ1) is 55.0. The molecule has 8 nitrogen and oxygen atoms in total. The normalized spacial score (nSPS) is 13.6. The molecule has 0 amide bonds. The third-order valence-corrected chi connectivity index (χ3v) is 42.7. The molecule has 8 bridgehead atoms. The number of nitrogens with one attached hydrogen (secondary N) is 2. The number of fused-ring (bicyclic) bond motifs is 22. The highest BCUT2D eigenvalue weighted by atomic mass is 32.3.